The molecule has 0 bridgehead atoms. The summed E-state index contributed by atoms with van der Waals surface area (Å²) >= 11 is 3.18. The van der Waals surface area contributed by atoms with Crippen LogP contribution in [0.4, 0.5) is 4.39 Å². The maximum Gasteiger partial charge on any atom is 0.260 e. The largest absolute Gasteiger partial charge is 0.483 e. The Bertz CT molecular complexity index is 465. The molecule has 4 nitrogen and oxygen atoms in total. The van der Waals surface area contributed by atoms with Gasteiger partial charge in [0.1, 0.15) is 11.6 Å². The van der Waals surface area contributed by atoms with E-state index in [0.29, 0.717) is 16.8 Å². The maximum absolute atomic E-state index is 12.9. The molecule has 1 saturated carbocycles. The van der Waals surface area contributed by atoms with Crippen LogP contribution in [0.1, 0.15) is 12.8 Å². The highest BCUT2D eigenvalue weighted by Gasteiger charge is 2.32. The standard InChI is InChI=1S/C13H15BrFNO3/c14-11-7-9(15)1-4-12(11)19-8-13(18)16(5-6-17)10-2-3-10/h1,4,7,10,17H,2-3,5-6,8H2. The molecule has 6 heteroatoms. The molecule has 0 radical (unpaired) electrons. The number of halogens is 2. The SMILES string of the molecule is O=C(COc1ccc(F)cc1Br)N(CCO)C1CC1. The lowest BCUT2D eigenvalue weighted by atomic mass is 10.3. The van der Waals surface area contributed by atoms with E-state index in [4.69, 9.17) is 9.84 Å². The number of carbonyl (C=O) groups excluding carboxylic acids is 1. The van der Waals surface area contributed by atoms with Crippen molar-refractivity contribution in [3.8, 4) is 5.75 Å². The van der Waals surface area contributed by atoms with Gasteiger partial charge in [0.25, 0.3) is 5.91 Å². The molecule has 0 spiro atoms. The fourth-order valence-corrected chi connectivity index (χ4v) is 2.28. The first-order valence-electron chi connectivity index (χ1n) is 6.10. The van der Waals surface area contributed by atoms with E-state index in [-0.39, 0.29) is 31.0 Å². The van der Waals surface area contributed by atoms with Gasteiger partial charge in [0.2, 0.25) is 0 Å². The summed E-state index contributed by atoms with van der Waals surface area (Å²) < 4.78 is 18.7. The number of hydrogen-bond acceptors (Lipinski definition) is 3. The van der Waals surface area contributed by atoms with E-state index in [1.807, 2.05) is 0 Å². The molecule has 1 amide bonds. The van der Waals surface area contributed by atoms with E-state index >= 15 is 0 Å². The summed E-state index contributed by atoms with van der Waals surface area (Å²) in [5, 5.41) is 8.94. The topological polar surface area (TPSA) is 49.8 Å². The molecule has 0 aliphatic heterocycles. The van der Waals surface area contributed by atoms with E-state index in [1.165, 1.54) is 18.2 Å². The minimum atomic E-state index is -0.370. The Hall–Kier alpha value is -1.14. The second-order valence-electron chi connectivity index (χ2n) is 4.41. The molecule has 0 saturated heterocycles. The zero-order valence-electron chi connectivity index (χ0n) is 10.3. The van der Waals surface area contributed by atoms with Crippen LogP contribution in [0.15, 0.2) is 22.7 Å². The van der Waals surface area contributed by atoms with Crippen LogP contribution >= 0.6 is 15.9 Å². The fraction of sp³-hybridized carbons (Fsp3) is 0.462. The predicted molar refractivity (Wildman–Crippen MR) is 71.4 cm³/mol. The number of aliphatic hydroxyl groups excluding tert-OH is 1. The molecule has 19 heavy (non-hydrogen) atoms. The van der Waals surface area contributed by atoms with E-state index in [2.05, 4.69) is 15.9 Å². The number of carbonyl (C=O) groups is 1. The van der Waals surface area contributed by atoms with E-state index in [9.17, 15) is 9.18 Å². The van der Waals surface area contributed by atoms with Gasteiger partial charge in [0.05, 0.1) is 11.1 Å². The molecule has 1 aromatic rings. The lowest BCUT2D eigenvalue weighted by Gasteiger charge is -2.21. The number of amides is 1. The van der Waals surface area contributed by atoms with Gasteiger partial charge in [0.15, 0.2) is 6.61 Å². The molecule has 0 atom stereocenters. The fourth-order valence-electron chi connectivity index (χ4n) is 1.82. The van der Waals surface area contributed by atoms with E-state index in [1.54, 1.807) is 4.90 Å². The second-order valence-corrected chi connectivity index (χ2v) is 5.26. The lowest BCUT2D eigenvalue weighted by molar-refractivity contribution is -0.134. The highest BCUT2D eigenvalue weighted by Crippen LogP contribution is 2.28. The molecule has 1 aliphatic carbocycles. The Morgan fingerprint density at radius 1 is 1.53 bits per heavy atom. The summed E-state index contributed by atoms with van der Waals surface area (Å²) in [7, 11) is 0. The molecule has 104 valence electrons. The van der Waals surface area contributed by atoms with Crippen molar-refractivity contribution in [2.45, 2.75) is 18.9 Å². The van der Waals surface area contributed by atoms with Crippen molar-refractivity contribution >= 4 is 21.8 Å². The van der Waals surface area contributed by atoms with Crippen LogP contribution in [0.25, 0.3) is 0 Å². The van der Waals surface area contributed by atoms with Gasteiger partial charge < -0.3 is 14.7 Å². The van der Waals surface area contributed by atoms with Gasteiger partial charge in [-0.15, -0.1) is 0 Å². The molecule has 1 fully saturated rings. The van der Waals surface area contributed by atoms with Crippen LogP contribution in [-0.2, 0) is 4.79 Å². The first-order chi connectivity index (χ1) is 9.11. The van der Waals surface area contributed by atoms with E-state index < -0.39 is 0 Å². The van der Waals surface area contributed by atoms with Gasteiger partial charge in [-0.1, -0.05) is 0 Å². The summed E-state index contributed by atoms with van der Waals surface area (Å²) in [6.45, 7) is 0.167. The van der Waals surface area contributed by atoms with Gasteiger partial charge in [-0.3, -0.25) is 4.79 Å². The van der Waals surface area contributed by atoms with Crippen LogP contribution in [-0.4, -0.2) is 41.7 Å². The quantitative estimate of drug-likeness (QED) is 0.866. The third kappa shape index (κ3) is 3.91. The Kier molecular flexibility index (Phi) is 4.76. The van der Waals surface area contributed by atoms with Gasteiger partial charge >= 0.3 is 0 Å². The highest BCUT2D eigenvalue weighted by atomic mass is 79.9. The van der Waals surface area contributed by atoms with Gasteiger partial charge in [0, 0.05) is 12.6 Å². The lowest BCUT2D eigenvalue weighted by Crippen LogP contribution is -2.38. The maximum atomic E-state index is 12.9. The number of hydrogen-bond donors (Lipinski definition) is 1. The summed E-state index contributed by atoms with van der Waals surface area (Å²) in [4.78, 5) is 13.6. The van der Waals surface area contributed by atoms with Crippen LogP contribution < -0.4 is 4.74 Å². The third-order valence-electron chi connectivity index (χ3n) is 2.89. The first kappa shape index (κ1) is 14.3. The number of benzene rings is 1. The minimum Gasteiger partial charge on any atom is -0.483 e. The molecule has 0 aromatic heterocycles. The van der Waals surface area contributed by atoms with Crippen LogP contribution in [0.5, 0.6) is 5.75 Å². The minimum absolute atomic E-state index is 0.0531. The zero-order chi connectivity index (χ0) is 13.8. The number of ether oxygens (including phenoxy) is 1. The molecule has 2 rings (SSSR count). The summed E-state index contributed by atoms with van der Waals surface area (Å²) in [5.74, 6) is -0.104. The summed E-state index contributed by atoms with van der Waals surface area (Å²) in [5.41, 5.74) is 0. The molecular weight excluding hydrogens is 317 g/mol. The van der Waals surface area contributed by atoms with Crippen molar-refractivity contribution in [2.24, 2.45) is 0 Å². The number of nitrogens with zero attached hydrogens (tertiary/aromatic N) is 1. The normalized spacial score (nSPS) is 14.3. The van der Waals surface area contributed by atoms with Crippen molar-refractivity contribution < 1.29 is 19.0 Å². The average Bonchev–Trinajstić information content (AvgIpc) is 3.18. The predicted octanol–water partition coefficient (Wildman–Crippen LogP) is 1.95. The van der Waals surface area contributed by atoms with Crippen molar-refractivity contribution in [2.75, 3.05) is 19.8 Å². The molecule has 0 heterocycles. The Morgan fingerprint density at radius 2 is 2.26 bits per heavy atom. The van der Waals surface area contributed by atoms with Crippen molar-refractivity contribution in [1.29, 1.82) is 0 Å². The van der Waals surface area contributed by atoms with Crippen molar-refractivity contribution in [3.05, 3.63) is 28.5 Å². The van der Waals surface area contributed by atoms with Gasteiger partial charge in [-0.25, -0.2) is 4.39 Å². The van der Waals surface area contributed by atoms with Gasteiger partial charge in [-0.05, 0) is 47.0 Å². The Balaban J connectivity index is 1.91. The average molecular weight is 332 g/mol. The highest BCUT2D eigenvalue weighted by molar-refractivity contribution is 9.10. The first-order valence-corrected chi connectivity index (χ1v) is 6.89. The van der Waals surface area contributed by atoms with Crippen molar-refractivity contribution in [3.63, 3.8) is 0 Å². The Labute approximate surface area is 119 Å². The second kappa shape index (κ2) is 6.34. The summed E-state index contributed by atoms with van der Waals surface area (Å²) in [6.07, 6.45) is 1.96. The Morgan fingerprint density at radius 3 is 2.84 bits per heavy atom. The van der Waals surface area contributed by atoms with Crippen LogP contribution in [0, 0.1) is 5.82 Å². The van der Waals surface area contributed by atoms with Gasteiger partial charge in [-0.2, -0.15) is 0 Å². The third-order valence-corrected chi connectivity index (χ3v) is 3.51. The number of rotatable bonds is 6. The molecule has 1 aliphatic rings. The molecular formula is C13H15BrFNO3. The van der Waals surface area contributed by atoms with Crippen LogP contribution in [0.3, 0.4) is 0 Å². The van der Waals surface area contributed by atoms with E-state index in [0.717, 1.165) is 12.8 Å². The number of aliphatic hydroxyl groups is 1. The van der Waals surface area contributed by atoms with Crippen molar-refractivity contribution in [1.82, 2.24) is 4.90 Å². The molecule has 1 N–H and O–H groups in total. The zero-order valence-corrected chi connectivity index (χ0v) is 11.9. The molecule has 1 aromatic carbocycles. The van der Waals surface area contributed by atoms with Crippen LogP contribution in [0.2, 0.25) is 0 Å². The smallest absolute Gasteiger partial charge is 0.260 e. The molecule has 0 unspecified atom stereocenters. The summed E-state index contributed by atoms with van der Waals surface area (Å²) in [6, 6.07) is 4.27. The monoisotopic (exact) mass is 331 g/mol.